The number of esters is 1. The molecule has 7 heteroatoms. The van der Waals surface area contributed by atoms with Gasteiger partial charge in [0.25, 0.3) is 5.91 Å². The molecule has 0 aromatic carbocycles. The summed E-state index contributed by atoms with van der Waals surface area (Å²) in [6.45, 7) is 8.76. The number of hydrogen-bond acceptors (Lipinski definition) is 5. The summed E-state index contributed by atoms with van der Waals surface area (Å²) < 4.78 is 6.64. The molecule has 1 aliphatic rings. The largest absolute Gasteiger partial charge is 0.462 e. The van der Waals surface area contributed by atoms with Crippen molar-refractivity contribution in [2.75, 3.05) is 11.9 Å². The first kappa shape index (κ1) is 18.2. The number of nitrogens with zero attached hydrogens (tertiary/aromatic N) is 2. The first-order valence-electron chi connectivity index (χ1n) is 9.00. The lowest BCUT2D eigenvalue weighted by Gasteiger charge is -2.33. The molecule has 3 rings (SSSR count). The number of amides is 1. The Morgan fingerprint density at radius 2 is 2.15 bits per heavy atom. The molecule has 0 spiro atoms. The average Bonchev–Trinajstić information content (AvgIpc) is 3.11. The second-order valence-electron chi connectivity index (χ2n) is 7.57. The van der Waals surface area contributed by atoms with E-state index in [2.05, 4.69) is 31.2 Å². The summed E-state index contributed by atoms with van der Waals surface area (Å²) >= 11 is 0. The highest BCUT2D eigenvalue weighted by atomic mass is 16.5. The normalized spacial score (nSPS) is 21.7. The van der Waals surface area contributed by atoms with E-state index in [1.165, 1.54) is 6.20 Å². The van der Waals surface area contributed by atoms with Gasteiger partial charge in [-0.1, -0.05) is 20.8 Å². The van der Waals surface area contributed by atoms with Gasteiger partial charge in [0.15, 0.2) is 0 Å². The minimum Gasteiger partial charge on any atom is -0.462 e. The first-order chi connectivity index (χ1) is 12.3. The van der Waals surface area contributed by atoms with Gasteiger partial charge in [0, 0.05) is 12.2 Å². The van der Waals surface area contributed by atoms with Crippen LogP contribution in [-0.2, 0) is 4.74 Å². The van der Waals surface area contributed by atoms with Crippen LogP contribution in [0.2, 0.25) is 0 Å². The van der Waals surface area contributed by atoms with Crippen LogP contribution in [0, 0.1) is 11.3 Å². The van der Waals surface area contributed by atoms with Crippen LogP contribution in [0.15, 0.2) is 18.5 Å². The number of anilines is 1. The lowest BCUT2D eigenvalue weighted by molar-refractivity contribution is 0.0526. The molecule has 26 heavy (non-hydrogen) atoms. The zero-order valence-corrected chi connectivity index (χ0v) is 15.7. The van der Waals surface area contributed by atoms with Crippen LogP contribution >= 0.6 is 0 Å². The maximum Gasteiger partial charge on any atom is 0.339 e. The third kappa shape index (κ3) is 3.02. The van der Waals surface area contributed by atoms with Crippen LogP contribution in [0.5, 0.6) is 0 Å². The average molecular weight is 358 g/mol. The Kier molecular flexibility index (Phi) is 4.64. The number of nitrogens with two attached hydrogens (primary N) is 1. The molecule has 0 unspecified atom stereocenters. The Labute approximate surface area is 152 Å². The fraction of sp³-hybridized carbons (Fsp3) is 0.526. The molecule has 0 aliphatic heterocycles. The van der Waals surface area contributed by atoms with Crippen LogP contribution in [0.1, 0.15) is 61.3 Å². The highest BCUT2D eigenvalue weighted by Gasteiger charge is 2.41. The Morgan fingerprint density at radius 1 is 1.42 bits per heavy atom. The molecule has 0 bridgehead atoms. The van der Waals surface area contributed by atoms with Crippen LogP contribution in [0.3, 0.4) is 0 Å². The van der Waals surface area contributed by atoms with E-state index >= 15 is 0 Å². The van der Waals surface area contributed by atoms with E-state index in [1.807, 2.05) is 0 Å². The molecule has 2 atom stereocenters. The van der Waals surface area contributed by atoms with Crippen molar-refractivity contribution in [2.45, 2.75) is 46.6 Å². The number of carbonyl (C=O) groups is 2. The summed E-state index contributed by atoms with van der Waals surface area (Å²) in [5, 5.41) is 7.75. The molecule has 140 valence electrons. The molecular formula is C19H26N4O3. The van der Waals surface area contributed by atoms with Crippen molar-refractivity contribution in [1.29, 1.82) is 0 Å². The Bertz CT molecular complexity index is 856. The zero-order valence-electron chi connectivity index (χ0n) is 15.7. The smallest absolute Gasteiger partial charge is 0.339 e. The standard InChI is InChI=1S/C19H26N4O3/c1-5-26-18(25)12-8-14-16(13(17(20)24)9-21-23(14)10-12)22-15-7-6-11(2)19(15,3)4/h8-11,15,22H,5-7H2,1-4H3,(H2,20,24)/t11-,15+/m0/s1. The van der Waals surface area contributed by atoms with Gasteiger partial charge < -0.3 is 15.8 Å². The van der Waals surface area contributed by atoms with Gasteiger partial charge in [0.2, 0.25) is 0 Å². The van der Waals surface area contributed by atoms with E-state index in [9.17, 15) is 9.59 Å². The quantitative estimate of drug-likeness (QED) is 0.801. The second-order valence-corrected chi connectivity index (χ2v) is 7.57. The number of fused-ring (bicyclic) bond motifs is 1. The van der Waals surface area contributed by atoms with Crippen LogP contribution in [-0.4, -0.2) is 34.1 Å². The number of carbonyl (C=O) groups excluding carboxylic acids is 2. The van der Waals surface area contributed by atoms with Crippen molar-refractivity contribution in [3.63, 3.8) is 0 Å². The number of primary amides is 1. The minimum absolute atomic E-state index is 0.0751. The number of ether oxygens (including phenoxy) is 1. The fourth-order valence-corrected chi connectivity index (χ4v) is 3.66. The topological polar surface area (TPSA) is 98.7 Å². The van der Waals surface area contributed by atoms with E-state index in [0.717, 1.165) is 12.8 Å². The molecule has 0 radical (unpaired) electrons. The van der Waals surface area contributed by atoms with Crippen molar-refractivity contribution in [1.82, 2.24) is 9.61 Å². The third-order valence-corrected chi connectivity index (χ3v) is 5.79. The van der Waals surface area contributed by atoms with Gasteiger partial charge in [-0.15, -0.1) is 0 Å². The lowest BCUT2D eigenvalue weighted by Crippen LogP contribution is -2.35. The van der Waals surface area contributed by atoms with Crippen molar-refractivity contribution in [3.05, 3.63) is 29.6 Å². The van der Waals surface area contributed by atoms with Crippen molar-refractivity contribution in [3.8, 4) is 0 Å². The second kappa shape index (κ2) is 6.63. The summed E-state index contributed by atoms with van der Waals surface area (Å²) in [6, 6.07) is 1.88. The van der Waals surface area contributed by atoms with E-state index in [0.29, 0.717) is 34.9 Å². The monoisotopic (exact) mass is 358 g/mol. The van der Waals surface area contributed by atoms with Gasteiger partial charge in [-0.2, -0.15) is 5.10 Å². The number of hydrogen-bond donors (Lipinski definition) is 2. The molecule has 1 aliphatic carbocycles. The molecule has 1 amide bonds. The maximum absolute atomic E-state index is 12.1. The fourth-order valence-electron chi connectivity index (χ4n) is 3.66. The molecule has 2 aromatic rings. The molecule has 2 aromatic heterocycles. The van der Waals surface area contributed by atoms with Crippen LogP contribution < -0.4 is 11.1 Å². The molecule has 0 saturated heterocycles. The zero-order chi connectivity index (χ0) is 19.1. The van der Waals surface area contributed by atoms with Gasteiger partial charge in [-0.25, -0.2) is 9.31 Å². The Hall–Kier alpha value is -2.57. The molecule has 2 heterocycles. The molecular weight excluding hydrogens is 332 g/mol. The summed E-state index contributed by atoms with van der Waals surface area (Å²) in [4.78, 5) is 24.0. The van der Waals surface area contributed by atoms with E-state index in [1.54, 1.807) is 23.7 Å². The number of nitrogens with one attached hydrogen (secondary N) is 1. The molecule has 1 fully saturated rings. The molecule has 3 N–H and O–H groups in total. The molecule has 1 saturated carbocycles. The first-order valence-corrected chi connectivity index (χ1v) is 9.00. The minimum atomic E-state index is -0.551. The number of rotatable bonds is 5. The highest BCUT2D eigenvalue weighted by Crippen LogP contribution is 2.44. The number of aromatic nitrogens is 2. The third-order valence-electron chi connectivity index (χ3n) is 5.79. The van der Waals surface area contributed by atoms with Gasteiger partial charge in [0.05, 0.1) is 35.1 Å². The summed E-state index contributed by atoms with van der Waals surface area (Å²) in [7, 11) is 0. The summed E-state index contributed by atoms with van der Waals surface area (Å²) in [5.41, 5.74) is 7.62. The predicted molar refractivity (Wildman–Crippen MR) is 99.3 cm³/mol. The van der Waals surface area contributed by atoms with Gasteiger partial charge in [0.1, 0.15) is 0 Å². The van der Waals surface area contributed by atoms with E-state index in [-0.39, 0.29) is 11.5 Å². The van der Waals surface area contributed by atoms with Gasteiger partial charge in [-0.05, 0) is 37.2 Å². The van der Waals surface area contributed by atoms with Crippen molar-refractivity contribution < 1.29 is 14.3 Å². The Morgan fingerprint density at radius 3 is 2.73 bits per heavy atom. The van der Waals surface area contributed by atoms with Crippen molar-refractivity contribution >= 4 is 23.1 Å². The Balaban J connectivity index is 2.07. The van der Waals surface area contributed by atoms with Crippen molar-refractivity contribution in [2.24, 2.45) is 17.1 Å². The summed E-state index contributed by atoms with van der Waals surface area (Å²) in [5.74, 6) is -0.401. The van der Waals surface area contributed by atoms with Gasteiger partial charge in [-0.3, -0.25) is 4.79 Å². The highest BCUT2D eigenvalue weighted by molar-refractivity contribution is 6.03. The maximum atomic E-state index is 12.1. The van der Waals surface area contributed by atoms with E-state index in [4.69, 9.17) is 10.5 Å². The van der Waals surface area contributed by atoms with E-state index < -0.39 is 11.9 Å². The van der Waals surface area contributed by atoms with Crippen LogP contribution in [0.25, 0.3) is 5.52 Å². The SMILES string of the molecule is CCOC(=O)c1cc2c(N[C@@H]3CC[C@H](C)C3(C)C)c(C(N)=O)cnn2c1. The van der Waals surface area contributed by atoms with Crippen LogP contribution in [0.4, 0.5) is 5.69 Å². The molecule has 7 nitrogen and oxygen atoms in total. The predicted octanol–water partition coefficient (Wildman–Crippen LogP) is 2.85. The van der Waals surface area contributed by atoms with Gasteiger partial charge >= 0.3 is 5.97 Å². The lowest BCUT2D eigenvalue weighted by atomic mass is 9.80. The summed E-state index contributed by atoms with van der Waals surface area (Å²) in [6.07, 6.45) is 5.17.